The van der Waals surface area contributed by atoms with Crippen molar-refractivity contribution in [3.63, 3.8) is 0 Å². The van der Waals surface area contributed by atoms with E-state index in [2.05, 4.69) is 15.0 Å². The molecule has 0 unspecified atom stereocenters. The monoisotopic (exact) mass is 201 g/mol. The van der Waals surface area contributed by atoms with E-state index in [-0.39, 0.29) is 5.56 Å². The smallest absolute Gasteiger partial charge is 0.251 e. The zero-order valence-corrected chi connectivity index (χ0v) is 8.40. The van der Waals surface area contributed by atoms with Gasteiger partial charge in [-0.15, -0.1) is 0 Å². The van der Waals surface area contributed by atoms with Crippen molar-refractivity contribution >= 4 is 0 Å². The molecule has 0 aliphatic rings. The highest BCUT2D eigenvalue weighted by Gasteiger charge is 2.02. The van der Waals surface area contributed by atoms with Gasteiger partial charge in [-0.05, 0) is 12.1 Å². The predicted molar refractivity (Wildman–Crippen MR) is 57.5 cm³/mol. The van der Waals surface area contributed by atoms with E-state index in [9.17, 15) is 4.79 Å². The average molecular weight is 201 g/mol. The van der Waals surface area contributed by atoms with Crippen molar-refractivity contribution in [1.82, 2.24) is 15.0 Å². The third-order valence-corrected chi connectivity index (χ3v) is 2.08. The summed E-state index contributed by atoms with van der Waals surface area (Å²) in [5.41, 5.74) is 1.41. The summed E-state index contributed by atoms with van der Waals surface area (Å²) in [6.45, 7) is 1.95. The fourth-order valence-corrected chi connectivity index (χ4v) is 1.34. The van der Waals surface area contributed by atoms with E-state index in [4.69, 9.17) is 0 Å². The lowest BCUT2D eigenvalue weighted by molar-refractivity contribution is 0.924. The van der Waals surface area contributed by atoms with Gasteiger partial charge in [0, 0.05) is 30.4 Å². The largest absolute Gasteiger partial charge is 0.311 e. The van der Waals surface area contributed by atoms with Crippen molar-refractivity contribution in [1.29, 1.82) is 0 Å². The molecule has 76 valence electrons. The van der Waals surface area contributed by atoms with Crippen LogP contribution < -0.4 is 5.56 Å². The molecule has 15 heavy (non-hydrogen) atoms. The highest BCUT2D eigenvalue weighted by atomic mass is 16.1. The molecule has 0 radical (unpaired) electrons. The summed E-state index contributed by atoms with van der Waals surface area (Å²) >= 11 is 0. The van der Waals surface area contributed by atoms with E-state index in [1.165, 1.54) is 6.07 Å². The number of H-pyrrole nitrogens is 1. The van der Waals surface area contributed by atoms with Crippen LogP contribution in [0.5, 0.6) is 0 Å². The second kappa shape index (κ2) is 4.04. The average Bonchev–Trinajstić information content (AvgIpc) is 2.29. The first-order chi connectivity index (χ1) is 7.29. The fraction of sp³-hybridized carbons (Fsp3) is 0.182. The second-order valence-electron chi connectivity index (χ2n) is 3.17. The Kier molecular flexibility index (Phi) is 2.58. The van der Waals surface area contributed by atoms with Gasteiger partial charge in [-0.3, -0.25) is 9.78 Å². The highest BCUT2D eigenvalue weighted by molar-refractivity contribution is 5.56. The number of aromatic nitrogens is 3. The molecule has 0 bridgehead atoms. The Bertz CT molecular complexity index is 505. The first kappa shape index (κ1) is 9.58. The van der Waals surface area contributed by atoms with Crippen molar-refractivity contribution in [3.8, 4) is 11.3 Å². The van der Waals surface area contributed by atoms with Crippen LogP contribution in [0.25, 0.3) is 11.3 Å². The zero-order valence-electron chi connectivity index (χ0n) is 8.40. The number of aryl methyl sites for hydroxylation is 1. The van der Waals surface area contributed by atoms with Crippen LogP contribution in [0.3, 0.4) is 0 Å². The molecule has 0 aliphatic carbocycles. The van der Waals surface area contributed by atoms with E-state index in [0.29, 0.717) is 17.9 Å². The van der Waals surface area contributed by atoms with Gasteiger partial charge in [0.05, 0.1) is 5.69 Å². The quantitative estimate of drug-likeness (QED) is 0.798. The normalized spacial score (nSPS) is 10.2. The maximum atomic E-state index is 11.3. The van der Waals surface area contributed by atoms with Crippen LogP contribution in [0.2, 0.25) is 0 Å². The first-order valence-electron chi connectivity index (χ1n) is 4.80. The summed E-state index contributed by atoms with van der Waals surface area (Å²) in [5, 5.41) is 0. The minimum absolute atomic E-state index is 0.124. The van der Waals surface area contributed by atoms with Gasteiger partial charge in [0.25, 0.3) is 5.56 Å². The molecule has 2 heterocycles. The molecule has 0 fully saturated rings. The highest BCUT2D eigenvalue weighted by Crippen LogP contribution is 2.12. The van der Waals surface area contributed by atoms with Gasteiger partial charge < -0.3 is 4.98 Å². The van der Waals surface area contributed by atoms with Crippen LogP contribution in [-0.4, -0.2) is 15.0 Å². The van der Waals surface area contributed by atoms with Crippen molar-refractivity contribution in [2.45, 2.75) is 13.3 Å². The van der Waals surface area contributed by atoms with E-state index in [1.807, 2.05) is 19.1 Å². The van der Waals surface area contributed by atoms with Gasteiger partial charge in [0.15, 0.2) is 0 Å². The molecule has 1 N–H and O–H groups in total. The van der Waals surface area contributed by atoms with Crippen LogP contribution >= 0.6 is 0 Å². The number of hydrogen-bond acceptors (Lipinski definition) is 3. The summed E-state index contributed by atoms with van der Waals surface area (Å²) in [5.74, 6) is 0.696. The van der Waals surface area contributed by atoms with Crippen LogP contribution in [0.15, 0.2) is 35.4 Å². The Morgan fingerprint density at radius 3 is 3.00 bits per heavy atom. The van der Waals surface area contributed by atoms with Gasteiger partial charge >= 0.3 is 0 Å². The second-order valence-corrected chi connectivity index (χ2v) is 3.17. The molecule has 0 saturated carbocycles. The van der Waals surface area contributed by atoms with Gasteiger partial charge in [-0.2, -0.15) is 0 Å². The molecule has 0 aliphatic heterocycles. The lowest BCUT2D eigenvalue weighted by Crippen LogP contribution is -2.10. The fourth-order valence-electron chi connectivity index (χ4n) is 1.34. The van der Waals surface area contributed by atoms with Crippen LogP contribution in [-0.2, 0) is 6.42 Å². The Balaban J connectivity index is 2.54. The molecular weight excluding hydrogens is 190 g/mol. The van der Waals surface area contributed by atoms with Gasteiger partial charge in [0.1, 0.15) is 5.82 Å². The molecule has 4 nitrogen and oxygen atoms in total. The van der Waals surface area contributed by atoms with Crippen molar-refractivity contribution < 1.29 is 0 Å². The Labute approximate surface area is 87.0 Å². The first-order valence-corrected chi connectivity index (χ1v) is 4.80. The molecule has 2 rings (SSSR count). The SMILES string of the molecule is CCc1nc(-c2cccnc2)cc(=O)[nH]1. The van der Waals surface area contributed by atoms with Crippen LogP contribution in [0.4, 0.5) is 0 Å². The van der Waals surface area contributed by atoms with Crippen molar-refractivity contribution in [2.75, 3.05) is 0 Å². The third kappa shape index (κ3) is 2.10. The number of aromatic amines is 1. The molecule has 0 spiro atoms. The number of rotatable bonds is 2. The van der Waals surface area contributed by atoms with Gasteiger partial charge in [-0.1, -0.05) is 6.92 Å². The molecule has 0 aromatic carbocycles. The van der Waals surface area contributed by atoms with Crippen molar-refractivity contribution in [3.05, 3.63) is 46.8 Å². The zero-order chi connectivity index (χ0) is 10.7. The molecule has 0 amide bonds. The summed E-state index contributed by atoms with van der Waals surface area (Å²) in [7, 11) is 0. The van der Waals surface area contributed by atoms with Crippen LogP contribution in [0.1, 0.15) is 12.7 Å². The topological polar surface area (TPSA) is 58.6 Å². The number of pyridine rings is 1. The molecule has 2 aromatic heterocycles. The van der Waals surface area contributed by atoms with Gasteiger partial charge in [0.2, 0.25) is 0 Å². The van der Waals surface area contributed by atoms with Crippen LogP contribution in [0, 0.1) is 0 Å². The van der Waals surface area contributed by atoms with Gasteiger partial charge in [-0.25, -0.2) is 4.98 Å². The third-order valence-electron chi connectivity index (χ3n) is 2.08. The molecule has 0 saturated heterocycles. The van der Waals surface area contributed by atoms with E-state index < -0.39 is 0 Å². The summed E-state index contributed by atoms with van der Waals surface area (Å²) < 4.78 is 0. The lowest BCUT2D eigenvalue weighted by Gasteiger charge is -2.01. The predicted octanol–water partition coefficient (Wildman–Crippen LogP) is 1.39. The lowest BCUT2D eigenvalue weighted by atomic mass is 10.2. The number of hydrogen-bond donors (Lipinski definition) is 1. The van der Waals surface area contributed by atoms with E-state index >= 15 is 0 Å². The summed E-state index contributed by atoms with van der Waals surface area (Å²) in [4.78, 5) is 22.3. The maximum absolute atomic E-state index is 11.3. The minimum Gasteiger partial charge on any atom is -0.311 e. The summed E-state index contributed by atoms with van der Waals surface area (Å²) in [6, 6.07) is 5.19. The Hall–Kier alpha value is -1.97. The number of nitrogens with one attached hydrogen (secondary N) is 1. The Morgan fingerprint density at radius 2 is 2.33 bits per heavy atom. The van der Waals surface area contributed by atoms with Crippen molar-refractivity contribution in [2.24, 2.45) is 0 Å². The number of nitrogens with zero attached hydrogens (tertiary/aromatic N) is 2. The standard InChI is InChI=1S/C11H11N3O/c1-2-10-13-9(6-11(15)14-10)8-4-3-5-12-7-8/h3-7H,2H2,1H3,(H,13,14,15). The van der Waals surface area contributed by atoms with E-state index in [0.717, 1.165) is 5.56 Å². The maximum Gasteiger partial charge on any atom is 0.251 e. The Morgan fingerprint density at radius 1 is 1.47 bits per heavy atom. The summed E-state index contributed by atoms with van der Waals surface area (Å²) in [6.07, 6.45) is 4.10. The minimum atomic E-state index is -0.124. The van der Waals surface area contributed by atoms with E-state index in [1.54, 1.807) is 12.4 Å². The molecule has 2 aromatic rings. The molecule has 4 heteroatoms. The molecular formula is C11H11N3O. The molecule has 0 atom stereocenters.